The van der Waals surface area contributed by atoms with Gasteiger partial charge in [-0.2, -0.15) is 0 Å². The van der Waals surface area contributed by atoms with E-state index in [9.17, 15) is 0 Å². The van der Waals surface area contributed by atoms with Crippen molar-refractivity contribution < 1.29 is 23.7 Å². The number of rotatable bonds is 26. The molecule has 0 aliphatic carbocycles. The molecule has 0 aromatic carbocycles. The fourth-order valence-electron chi connectivity index (χ4n) is 3.71. The van der Waals surface area contributed by atoms with Crippen LogP contribution in [0.15, 0.2) is 12.3 Å². The van der Waals surface area contributed by atoms with E-state index in [4.69, 9.17) is 29.4 Å². The van der Waals surface area contributed by atoms with Gasteiger partial charge in [-0.1, -0.05) is 90.9 Å². The fourth-order valence-corrected chi connectivity index (χ4v) is 3.71. The summed E-state index contributed by atoms with van der Waals surface area (Å²) in [5, 5.41) is 0. The van der Waals surface area contributed by atoms with Crippen molar-refractivity contribution in [1.29, 1.82) is 0 Å². The maximum atomic E-state index is 6.20. The lowest BCUT2D eigenvalue weighted by Crippen LogP contribution is -2.43. The lowest BCUT2D eigenvalue weighted by Gasteiger charge is -2.28. The summed E-state index contributed by atoms with van der Waals surface area (Å²) in [4.78, 5) is 0. The average molecular weight is 505 g/mol. The van der Waals surface area contributed by atoms with Crippen LogP contribution in [0, 0.1) is 0 Å². The largest absolute Gasteiger partial charge is 0.505 e. The van der Waals surface area contributed by atoms with Crippen molar-refractivity contribution in [1.82, 2.24) is 0 Å². The predicted octanol–water partition coefficient (Wildman–Crippen LogP) is 5.94. The van der Waals surface area contributed by atoms with E-state index in [2.05, 4.69) is 19.6 Å². The van der Waals surface area contributed by atoms with Crippen LogP contribution in [0.2, 0.25) is 0 Å². The Bertz CT molecular complexity index is 413. The standard InChI is InChI=1S/C27H55NO5.CH5N/c1-5-7-9-11-13-15-17-20-31-24-26(32-21-18-16-14-12-10-8-6-2)25(23-28)33-27(30-4)19-22-29-3;1-2/h19,22,25-27H,5-18,20-21,23-24,28H2,1-4H3;2H2,1H3/t25?,26-,27?;/m0./s1. The van der Waals surface area contributed by atoms with Gasteiger partial charge in [0.15, 0.2) is 6.29 Å². The highest BCUT2D eigenvalue weighted by molar-refractivity contribution is 4.81. The highest BCUT2D eigenvalue weighted by Crippen LogP contribution is 2.13. The zero-order valence-corrected chi connectivity index (χ0v) is 23.8. The molecule has 35 heavy (non-hydrogen) atoms. The minimum Gasteiger partial charge on any atom is -0.505 e. The highest BCUT2D eigenvalue weighted by Gasteiger charge is 2.25. The van der Waals surface area contributed by atoms with Crippen molar-refractivity contribution in [2.24, 2.45) is 11.5 Å². The Morgan fingerprint density at radius 2 is 1.20 bits per heavy atom. The summed E-state index contributed by atoms with van der Waals surface area (Å²) in [7, 11) is 4.69. The number of ether oxygens (including phenoxy) is 5. The second-order valence-electron chi connectivity index (χ2n) is 8.81. The third kappa shape index (κ3) is 24.8. The zero-order valence-electron chi connectivity index (χ0n) is 23.8. The second-order valence-corrected chi connectivity index (χ2v) is 8.81. The molecule has 7 heteroatoms. The van der Waals surface area contributed by atoms with E-state index in [-0.39, 0.29) is 12.2 Å². The summed E-state index contributed by atoms with van der Waals surface area (Å²) in [6.45, 7) is 6.77. The Labute approximate surface area is 217 Å². The molecule has 0 radical (unpaired) electrons. The predicted molar refractivity (Wildman–Crippen MR) is 148 cm³/mol. The molecule has 0 aromatic heterocycles. The first-order valence-corrected chi connectivity index (χ1v) is 14.1. The Kier molecular flexibility index (Phi) is 32.6. The molecular formula is C28H60N2O5. The maximum absolute atomic E-state index is 6.20. The first kappa shape index (κ1) is 36.5. The molecule has 0 spiro atoms. The smallest absolute Gasteiger partial charge is 0.180 e. The number of unbranched alkanes of at least 4 members (excludes halogenated alkanes) is 12. The van der Waals surface area contributed by atoms with Crippen LogP contribution in [0.5, 0.6) is 0 Å². The van der Waals surface area contributed by atoms with Gasteiger partial charge in [-0.25, -0.2) is 0 Å². The topological polar surface area (TPSA) is 98.2 Å². The zero-order chi connectivity index (χ0) is 26.4. The van der Waals surface area contributed by atoms with Gasteiger partial charge in [0.2, 0.25) is 0 Å². The molecule has 0 aliphatic rings. The number of nitrogens with two attached hydrogens (primary N) is 2. The molecule has 0 heterocycles. The van der Waals surface area contributed by atoms with Crippen LogP contribution in [0.1, 0.15) is 104 Å². The molecule has 0 bridgehead atoms. The van der Waals surface area contributed by atoms with Crippen LogP contribution in [0.3, 0.4) is 0 Å². The lowest BCUT2D eigenvalue weighted by molar-refractivity contribution is -0.173. The number of hydrogen-bond acceptors (Lipinski definition) is 7. The monoisotopic (exact) mass is 504 g/mol. The SMILES string of the molecule is CCCCCCCCCOC[C@H](OCCCCCCCCC)C(CN)OC(C=COC)OC.CN. The van der Waals surface area contributed by atoms with E-state index < -0.39 is 6.29 Å². The Morgan fingerprint density at radius 1 is 0.686 bits per heavy atom. The van der Waals surface area contributed by atoms with E-state index in [1.807, 2.05) is 0 Å². The van der Waals surface area contributed by atoms with Gasteiger partial charge in [-0.15, -0.1) is 0 Å². The van der Waals surface area contributed by atoms with Crippen LogP contribution in [-0.2, 0) is 23.7 Å². The lowest BCUT2D eigenvalue weighted by atomic mass is 10.1. The van der Waals surface area contributed by atoms with Gasteiger partial charge >= 0.3 is 0 Å². The summed E-state index contributed by atoms with van der Waals surface area (Å²) in [5.74, 6) is 0. The van der Waals surface area contributed by atoms with Gasteiger partial charge in [0.1, 0.15) is 12.2 Å². The molecular weight excluding hydrogens is 444 g/mol. The number of methoxy groups -OCH3 is 2. The second kappa shape index (κ2) is 31.3. The summed E-state index contributed by atoms with van der Waals surface area (Å²) < 4.78 is 28.6. The highest BCUT2D eigenvalue weighted by atomic mass is 16.7. The minimum atomic E-state index is -0.536. The van der Waals surface area contributed by atoms with Gasteiger partial charge in [0.05, 0.1) is 20.0 Å². The van der Waals surface area contributed by atoms with E-state index >= 15 is 0 Å². The number of hydrogen-bond donors (Lipinski definition) is 2. The van der Waals surface area contributed by atoms with E-state index in [0.717, 1.165) is 19.4 Å². The summed E-state index contributed by atoms with van der Waals surface area (Å²) in [6, 6.07) is 0. The van der Waals surface area contributed by atoms with Crippen LogP contribution < -0.4 is 11.5 Å². The molecule has 212 valence electrons. The third-order valence-corrected chi connectivity index (χ3v) is 5.81. The molecule has 0 aromatic rings. The van der Waals surface area contributed by atoms with Gasteiger partial charge in [0.25, 0.3) is 0 Å². The van der Waals surface area contributed by atoms with Crippen LogP contribution in [-0.4, -0.2) is 66.1 Å². The third-order valence-electron chi connectivity index (χ3n) is 5.81. The molecule has 0 fully saturated rings. The summed E-state index contributed by atoms with van der Waals surface area (Å²) in [5.41, 5.74) is 10.5. The molecule has 0 amide bonds. The van der Waals surface area contributed by atoms with Crippen molar-refractivity contribution >= 4 is 0 Å². The maximum Gasteiger partial charge on any atom is 0.180 e. The van der Waals surface area contributed by atoms with Crippen molar-refractivity contribution in [3.63, 3.8) is 0 Å². The van der Waals surface area contributed by atoms with E-state index in [1.54, 1.807) is 26.6 Å². The quantitative estimate of drug-likeness (QED) is 0.0854. The first-order valence-electron chi connectivity index (χ1n) is 14.1. The Morgan fingerprint density at radius 3 is 1.69 bits per heavy atom. The van der Waals surface area contributed by atoms with Gasteiger partial charge in [0, 0.05) is 32.9 Å². The normalized spacial score (nSPS) is 13.9. The molecule has 2 unspecified atom stereocenters. The summed E-state index contributed by atoms with van der Waals surface area (Å²) >= 11 is 0. The molecule has 4 N–H and O–H groups in total. The molecule has 3 atom stereocenters. The van der Waals surface area contributed by atoms with Crippen LogP contribution >= 0.6 is 0 Å². The van der Waals surface area contributed by atoms with Gasteiger partial charge < -0.3 is 35.2 Å². The van der Waals surface area contributed by atoms with Crippen LogP contribution in [0.4, 0.5) is 0 Å². The molecule has 0 rings (SSSR count). The van der Waals surface area contributed by atoms with Crippen molar-refractivity contribution in [3.8, 4) is 0 Å². The van der Waals surface area contributed by atoms with E-state index in [0.29, 0.717) is 19.8 Å². The van der Waals surface area contributed by atoms with Crippen molar-refractivity contribution in [2.75, 3.05) is 47.6 Å². The fraction of sp³-hybridized carbons (Fsp3) is 0.929. The van der Waals surface area contributed by atoms with Crippen LogP contribution in [0.25, 0.3) is 0 Å². The Balaban J connectivity index is 0. The minimum absolute atomic E-state index is 0.215. The molecule has 7 nitrogen and oxygen atoms in total. The average Bonchev–Trinajstić information content (AvgIpc) is 2.89. The molecule has 0 aliphatic heterocycles. The Hall–Kier alpha value is -0.700. The van der Waals surface area contributed by atoms with E-state index in [1.165, 1.54) is 84.1 Å². The first-order chi connectivity index (χ1) is 17.2. The van der Waals surface area contributed by atoms with Crippen molar-refractivity contribution in [3.05, 3.63) is 12.3 Å². The van der Waals surface area contributed by atoms with Crippen molar-refractivity contribution in [2.45, 2.75) is 122 Å². The summed E-state index contributed by atoms with van der Waals surface area (Å²) in [6.07, 6.45) is 19.9. The molecule has 0 saturated heterocycles. The van der Waals surface area contributed by atoms with Gasteiger partial charge in [-0.3, -0.25) is 0 Å². The van der Waals surface area contributed by atoms with Gasteiger partial charge in [-0.05, 0) is 19.9 Å². The molecule has 0 saturated carbocycles.